The molecule has 10 heteroatoms. The second-order valence-electron chi connectivity index (χ2n) is 7.94. The lowest BCUT2D eigenvalue weighted by Gasteiger charge is -2.14. The molecule has 0 unspecified atom stereocenters. The topological polar surface area (TPSA) is 96.2 Å². The first-order valence-corrected chi connectivity index (χ1v) is 12.0. The first-order valence-electron chi connectivity index (χ1n) is 10.2. The standard InChI is InChI=1S/C24H24F3O6P/c1-15-6-8-19(32-14-34(29,30)31)10-16(2)21(15)11-17-7-9-22(28)23(12-17)33-20-5-3-4-18(13-20)24(25,26)27/h3-5,7-10,12-13,28H,6,11,14H2,1-2H3,(H2,29,30,31). The first-order chi connectivity index (χ1) is 15.8. The van der Waals surface area contributed by atoms with Crippen LogP contribution in [0.1, 0.15) is 31.4 Å². The molecule has 0 saturated carbocycles. The Balaban J connectivity index is 1.80. The Kier molecular flexibility index (Phi) is 7.60. The Labute approximate surface area is 194 Å². The van der Waals surface area contributed by atoms with E-state index in [1.165, 1.54) is 18.2 Å². The van der Waals surface area contributed by atoms with E-state index < -0.39 is 25.7 Å². The van der Waals surface area contributed by atoms with Crippen LogP contribution in [0.3, 0.4) is 0 Å². The van der Waals surface area contributed by atoms with E-state index in [1.807, 2.05) is 13.8 Å². The minimum atomic E-state index is -4.52. The average Bonchev–Trinajstić information content (AvgIpc) is 2.87. The van der Waals surface area contributed by atoms with Gasteiger partial charge in [0, 0.05) is 0 Å². The Bertz CT molecular complexity index is 1210. The Morgan fingerprint density at radius 1 is 1.09 bits per heavy atom. The van der Waals surface area contributed by atoms with Crippen molar-refractivity contribution in [3.8, 4) is 17.2 Å². The maximum atomic E-state index is 13.0. The van der Waals surface area contributed by atoms with Gasteiger partial charge in [-0.15, -0.1) is 0 Å². The highest BCUT2D eigenvalue weighted by atomic mass is 31.2. The summed E-state index contributed by atoms with van der Waals surface area (Å²) < 4.78 is 60.8. The van der Waals surface area contributed by atoms with Gasteiger partial charge in [-0.3, -0.25) is 4.57 Å². The van der Waals surface area contributed by atoms with Crippen molar-refractivity contribution in [1.29, 1.82) is 0 Å². The van der Waals surface area contributed by atoms with Crippen LogP contribution >= 0.6 is 7.60 Å². The quantitative estimate of drug-likeness (QED) is 0.382. The van der Waals surface area contributed by atoms with Gasteiger partial charge in [0.05, 0.1) is 5.56 Å². The number of rotatable bonds is 7. The number of phenols is 1. The molecule has 0 aliphatic heterocycles. The zero-order valence-electron chi connectivity index (χ0n) is 18.5. The minimum Gasteiger partial charge on any atom is -0.504 e. The van der Waals surface area contributed by atoms with Gasteiger partial charge >= 0.3 is 13.8 Å². The SMILES string of the molecule is CC1=CC(OCP(=O)(O)O)=CCC(C)=C1Cc1ccc(O)c(Oc2cccc(C(F)(F)F)c2)c1. The van der Waals surface area contributed by atoms with Crippen LogP contribution in [0.2, 0.25) is 0 Å². The van der Waals surface area contributed by atoms with Gasteiger partial charge < -0.3 is 24.4 Å². The van der Waals surface area contributed by atoms with Crippen LogP contribution in [0.5, 0.6) is 17.2 Å². The number of hydrogen-bond acceptors (Lipinski definition) is 4. The number of halogens is 3. The fraction of sp³-hybridized carbons (Fsp3) is 0.250. The Morgan fingerprint density at radius 3 is 2.50 bits per heavy atom. The van der Waals surface area contributed by atoms with E-state index in [0.29, 0.717) is 18.6 Å². The van der Waals surface area contributed by atoms with E-state index in [2.05, 4.69) is 0 Å². The van der Waals surface area contributed by atoms with Gasteiger partial charge in [-0.05, 0) is 85.9 Å². The van der Waals surface area contributed by atoms with Crippen molar-refractivity contribution in [2.45, 2.75) is 32.9 Å². The molecule has 0 spiro atoms. The van der Waals surface area contributed by atoms with Gasteiger partial charge in [0.25, 0.3) is 0 Å². The maximum Gasteiger partial charge on any atom is 0.416 e. The van der Waals surface area contributed by atoms with Gasteiger partial charge in [0.1, 0.15) is 11.5 Å². The molecule has 0 aromatic heterocycles. The third-order valence-electron chi connectivity index (χ3n) is 5.15. The summed E-state index contributed by atoms with van der Waals surface area (Å²) in [6.07, 6.45) is -0.857. The number of allylic oxidation sites excluding steroid dienone is 5. The summed E-state index contributed by atoms with van der Waals surface area (Å²) in [6, 6.07) is 9.06. The third-order valence-corrected chi connectivity index (χ3v) is 5.62. The average molecular weight is 496 g/mol. The monoisotopic (exact) mass is 496 g/mol. The first kappa shape index (κ1) is 25.6. The molecule has 6 nitrogen and oxygen atoms in total. The summed E-state index contributed by atoms with van der Waals surface area (Å²) in [4.78, 5) is 18.1. The van der Waals surface area contributed by atoms with E-state index in [0.717, 1.165) is 34.4 Å². The van der Waals surface area contributed by atoms with Crippen LogP contribution in [0, 0.1) is 0 Å². The Hall–Kier alpha value is -3.00. The lowest BCUT2D eigenvalue weighted by molar-refractivity contribution is -0.137. The molecular formula is C24H24F3O6P. The molecule has 2 aromatic carbocycles. The number of alkyl halides is 3. The highest BCUT2D eigenvalue weighted by Gasteiger charge is 2.30. The number of phenolic OH excluding ortho intramolecular Hbond substituents is 1. The highest BCUT2D eigenvalue weighted by molar-refractivity contribution is 7.51. The highest BCUT2D eigenvalue weighted by Crippen LogP contribution is 2.38. The van der Waals surface area contributed by atoms with Crippen molar-refractivity contribution < 1.29 is 42.1 Å². The molecule has 2 aromatic rings. The lowest BCUT2D eigenvalue weighted by Crippen LogP contribution is -2.04. The van der Waals surface area contributed by atoms with Crippen molar-refractivity contribution in [1.82, 2.24) is 0 Å². The van der Waals surface area contributed by atoms with Crippen LogP contribution in [0.15, 0.2) is 77.1 Å². The largest absolute Gasteiger partial charge is 0.504 e. The van der Waals surface area contributed by atoms with Gasteiger partial charge in [0.15, 0.2) is 17.8 Å². The predicted molar refractivity (Wildman–Crippen MR) is 120 cm³/mol. The summed E-state index contributed by atoms with van der Waals surface area (Å²) in [6.45, 7) is 3.77. The van der Waals surface area contributed by atoms with Crippen LogP contribution in [0.4, 0.5) is 13.2 Å². The number of ether oxygens (including phenoxy) is 2. The van der Waals surface area contributed by atoms with Gasteiger partial charge in [-0.1, -0.05) is 17.7 Å². The molecule has 34 heavy (non-hydrogen) atoms. The fourth-order valence-corrected chi connectivity index (χ4v) is 3.76. The number of hydrogen-bond donors (Lipinski definition) is 3. The molecule has 3 N–H and O–H groups in total. The molecule has 3 rings (SSSR count). The van der Waals surface area contributed by atoms with Crippen LogP contribution in [-0.4, -0.2) is 21.2 Å². The van der Waals surface area contributed by atoms with E-state index in [9.17, 15) is 22.8 Å². The molecule has 0 fully saturated rings. The van der Waals surface area contributed by atoms with Crippen LogP contribution < -0.4 is 4.74 Å². The third kappa shape index (κ3) is 7.00. The van der Waals surface area contributed by atoms with E-state index in [-0.39, 0.29) is 17.2 Å². The molecule has 0 saturated heterocycles. The van der Waals surface area contributed by atoms with E-state index in [4.69, 9.17) is 19.3 Å². The maximum absolute atomic E-state index is 13.0. The lowest BCUT2D eigenvalue weighted by atomic mass is 9.94. The van der Waals surface area contributed by atoms with Crippen molar-refractivity contribution >= 4 is 7.60 Å². The molecule has 0 heterocycles. The van der Waals surface area contributed by atoms with Crippen LogP contribution in [-0.2, 0) is 21.9 Å². The molecular weight excluding hydrogens is 472 g/mol. The van der Waals surface area contributed by atoms with Crippen LogP contribution in [0.25, 0.3) is 0 Å². The zero-order valence-corrected chi connectivity index (χ0v) is 19.4. The summed E-state index contributed by atoms with van der Waals surface area (Å²) in [5.74, 6) is 0.109. The van der Waals surface area contributed by atoms with E-state index in [1.54, 1.807) is 24.3 Å². The van der Waals surface area contributed by atoms with Crippen molar-refractivity contribution in [3.05, 3.63) is 88.2 Å². The molecule has 0 radical (unpaired) electrons. The predicted octanol–water partition coefficient (Wildman–Crippen LogP) is 6.45. The molecule has 1 aliphatic rings. The summed E-state index contributed by atoms with van der Waals surface area (Å²) >= 11 is 0. The summed E-state index contributed by atoms with van der Waals surface area (Å²) in [5, 5.41) is 10.2. The Morgan fingerprint density at radius 2 is 1.82 bits per heavy atom. The zero-order chi connectivity index (χ0) is 25.1. The normalized spacial score (nSPS) is 14.9. The number of benzene rings is 2. The molecule has 0 bridgehead atoms. The molecule has 0 atom stereocenters. The van der Waals surface area contributed by atoms with Gasteiger partial charge in [0.2, 0.25) is 0 Å². The van der Waals surface area contributed by atoms with Gasteiger partial charge in [-0.25, -0.2) is 0 Å². The van der Waals surface area contributed by atoms with Crippen molar-refractivity contribution in [2.75, 3.05) is 6.35 Å². The van der Waals surface area contributed by atoms with Gasteiger partial charge in [-0.2, -0.15) is 13.2 Å². The van der Waals surface area contributed by atoms with E-state index >= 15 is 0 Å². The van der Waals surface area contributed by atoms with Crippen molar-refractivity contribution in [2.24, 2.45) is 0 Å². The molecule has 0 amide bonds. The fourth-order valence-electron chi connectivity index (χ4n) is 3.44. The minimum absolute atomic E-state index is 0.0223. The van der Waals surface area contributed by atoms with Crippen molar-refractivity contribution in [3.63, 3.8) is 0 Å². The smallest absolute Gasteiger partial charge is 0.416 e. The second kappa shape index (κ2) is 10.1. The summed E-state index contributed by atoms with van der Waals surface area (Å²) in [5.41, 5.74) is 2.70. The number of aromatic hydroxyl groups is 1. The summed E-state index contributed by atoms with van der Waals surface area (Å²) in [7, 11) is -4.31. The molecule has 1 aliphatic carbocycles. The molecule has 182 valence electrons. The second-order valence-corrected chi connectivity index (χ2v) is 9.53.